The Labute approximate surface area is 223 Å². The smallest absolute Gasteiger partial charge is 0.294 e. The van der Waals surface area contributed by atoms with Crippen molar-refractivity contribution in [3.8, 4) is 11.5 Å². The molecule has 3 amide bonds. The van der Waals surface area contributed by atoms with Crippen LogP contribution in [0.3, 0.4) is 0 Å². The number of methoxy groups -OCH3 is 1. The summed E-state index contributed by atoms with van der Waals surface area (Å²) in [6.07, 6.45) is 1.51. The maximum atomic E-state index is 13.3. The maximum Gasteiger partial charge on any atom is 0.294 e. The minimum Gasteiger partial charge on any atom is -0.493 e. The summed E-state index contributed by atoms with van der Waals surface area (Å²) >= 11 is 4.14. The van der Waals surface area contributed by atoms with E-state index in [1.165, 1.54) is 43.5 Å². The van der Waals surface area contributed by atoms with Gasteiger partial charge in [0.25, 0.3) is 11.1 Å². The molecule has 4 rings (SSSR count). The molecule has 37 heavy (non-hydrogen) atoms. The van der Waals surface area contributed by atoms with E-state index >= 15 is 0 Å². The highest BCUT2D eigenvalue weighted by molar-refractivity contribution is 9.10. The van der Waals surface area contributed by atoms with E-state index in [4.69, 9.17) is 9.47 Å². The molecule has 0 radical (unpaired) electrons. The van der Waals surface area contributed by atoms with Crippen molar-refractivity contribution in [2.75, 3.05) is 19.0 Å². The highest BCUT2D eigenvalue weighted by atomic mass is 79.9. The van der Waals surface area contributed by atoms with Crippen LogP contribution in [0.25, 0.3) is 6.08 Å². The van der Waals surface area contributed by atoms with Crippen LogP contribution in [0.5, 0.6) is 11.5 Å². The van der Waals surface area contributed by atoms with Crippen molar-refractivity contribution < 1.29 is 32.6 Å². The van der Waals surface area contributed by atoms with Gasteiger partial charge < -0.3 is 14.8 Å². The van der Waals surface area contributed by atoms with Crippen molar-refractivity contribution in [3.63, 3.8) is 0 Å². The first kappa shape index (κ1) is 26.4. The molecule has 190 valence electrons. The largest absolute Gasteiger partial charge is 0.493 e. The quantitative estimate of drug-likeness (QED) is 0.325. The standard InChI is InChI=1S/C26H19BrF2N2O5S/c1-35-21-10-16(9-20(27)24(21)36-14-15-5-7-17(28)8-6-15)11-22-25(33)31(26(34)37-22)13-23(32)30-19-4-2-3-18(29)12-19/h2-12H,13-14H2,1H3,(H,30,32)/b22-11+. The third kappa shape index (κ3) is 6.55. The zero-order chi connectivity index (χ0) is 26.5. The molecule has 1 aliphatic rings. The van der Waals surface area contributed by atoms with Gasteiger partial charge in [-0.3, -0.25) is 19.3 Å². The lowest BCUT2D eigenvalue weighted by molar-refractivity contribution is -0.127. The molecule has 1 fully saturated rings. The van der Waals surface area contributed by atoms with Gasteiger partial charge in [-0.25, -0.2) is 8.78 Å². The van der Waals surface area contributed by atoms with Gasteiger partial charge in [0.05, 0.1) is 16.5 Å². The van der Waals surface area contributed by atoms with Crippen LogP contribution in [0.1, 0.15) is 11.1 Å². The number of hydrogen-bond acceptors (Lipinski definition) is 6. The average Bonchev–Trinajstić information content (AvgIpc) is 3.11. The molecular formula is C26H19BrF2N2O5S. The molecule has 0 bridgehead atoms. The topological polar surface area (TPSA) is 84.9 Å². The first-order valence-electron chi connectivity index (χ1n) is 10.8. The Kier molecular flexibility index (Phi) is 8.24. The molecule has 0 aliphatic carbocycles. The van der Waals surface area contributed by atoms with Gasteiger partial charge in [0, 0.05) is 5.69 Å². The normalized spacial score (nSPS) is 14.3. The number of halogens is 3. The third-order valence-corrected chi connectivity index (χ3v) is 6.63. The minimum absolute atomic E-state index is 0.123. The second-order valence-electron chi connectivity index (χ2n) is 7.78. The zero-order valence-electron chi connectivity index (χ0n) is 19.3. The maximum absolute atomic E-state index is 13.3. The summed E-state index contributed by atoms with van der Waals surface area (Å²) in [7, 11) is 1.46. The van der Waals surface area contributed by atoms with Crippen molar-refractivity contribution in [1.29, 1.82) is 0 Å². The summed E-state index contributed by atoms with van der Waals surface area (Å²) < 4.78 is 38.3. The molecule has 0 atom stereocenters. The van der Waals surface area contributed by atoms with E-state index in [0.29, 0.717) is 33.3 Å². The van der Waals surface area contributed by atoms with E-state index in [2.05, 4.69) is 21.2 Å². The Bertz CT molecular complexity index is 1400. The number of amides is 3. The van der Waals surface area contributed by atoms with Crippen LogP contribution < -0.4 is 14.8 Å². The predicted octanol–water partition coefficient (Wildman–Crippen LogP) is 5.99. The molecular weight excluding hydrogens is 570 g/mol. The van der Waals surface area contributed by atoms with E-state index in [-0.39, 0.29) is 23.0 Å². The number of carbonyl (C=O) groups excluding carboxylic acids is 3. The predicted molar refractivity (Wildman–Crippen MR) is 139 cm³/mol. The highest BCUT2D eigenvalue weighted by Crippen LogP contribution is 2.39. The number of ether oxygens (including phenoxy) is 2. The second kappa shape index (κ2) is 11.6. The van der Waals surface area contributed by atoms with Gasteiger partial charge in [0.15, 0.2) is 11.5 Å². The Balaban J connectivity index is 1.46. The number of imide groups is 1. The van der Waals surface area contributed by atoms with Crippen molar-refractivity contribution >= 4 is 56.5 Å². The van der Waals surface area contributed by atoms with Gasteiger partial charge in [0.2, 0.25) is 5.91 Å². The SMILES string of the molecule is COc1cc(/C=C2/SC(=O)N(CC(=O)Nc3cccc(F)c3)C2=O)cc(Br)c1OCc1ccc(F)cc1. The number of carbonyl (C=O) groups is 3. The second-order valence-corrected chi connectivity index (χ2v) is 9.62. The van der Waals surface area contributed by atoms with E-state index in [9.17, 15) is 23.2 Å². The molecule has 3 aromatic rings. The van der Waals surface area contributed by atoms with Gasteiger partial charge in [-0.05, 0) is 87.4 Å². The molecule has 3 aromatic carbocycles. The van der Waals surface area contributed by atoms with E-state index in [0.717, 1.165) is 16.5 Å². The lowest BCUT2D eigenvalue weighted by atomic mass is 10.1. The van der Waals surface area contributed by atoms with E-state index in [1.54, 1.807) is 24.3 Å². The summed E-state index contributed by atoms with van der Waals surface area (Å²) in [6.45, 7) is -0.340. The summed E-state index contributed by atoms with van der Waals surface area (Å²) in [4.78, 5) is 38.5. The number of thioether (sulfide) groups is 1. The van der Waals surface area contributed by atoms with Crippen LogP contribution in [0.15, 0.2) is 70.0 Å². The van der Waals surface area contributed by atoms with Crippen molar-refractivity contribution in [2.24, 2.45) is 0 Å². The van der Waals surface area contributed by atoms with Crippen LogP contribution in [0, 0.1) is 11.6 Å². The Morgan fingerprint density at radius 2 is 1.84 bits per heavy atom. The van der Waals surface area contributed by atoms with Crippen LogP contribution >= 0.6 is 27.7 Å². The molecule has 0 spiro atoms. The van der Waals surface area contributed by atoms with E-state index < -0.39 is 29.4 Å². The van der Waals surface area contributed by atoms with Crippen LogP contribution in [-0.2, 0) is 16.2 Å². The van der Waals surface area contributed by atoms with Gasteiger partial charge >= 0.3 is 0 Å². The molecule has 1 saturated heterocycles. The minimum atomic E-state index is -0.638. The Hall–Kier alpha value is -3.70. The number of benzene rings is 3. The van der Waals surface area contributed by atoms with Crippen LogP contribution in [0.2, 0.25) is 0 Å². The monoisotopic (exact) mass is 588 g/mol. The van der Waals surface area contributed by atoms with Crippen molar-refractivity contribution in [3.05, 3.63) is 92.8 Å². The molecule has 0 saturated carbocycles. The average molecular weight is 589 g/mol. The molecule has 1 N–H and O–H groups in total. The molecule has 0 aromatic heterocycles. The number of nitrogens with one attached hydrogen (secondary N) is 1. The van der Waals surface area contributed by atoms with Crippen LogP contribution in [-0.4, -0.2) is 35.6 Å². The van der Waals surface area contributed by atoms with Gasteiger partial charge in [0.1, 0.15) is 24.8 Å². The summed E-state index contributed by atoms with van der Waals surface area (Å²) in [5.41, 5.74) is 1.52. The lowest BCUT2D eigenvalue weighted by Gasteiger charge is -2.14. The van der Waals surface area contributed by atoms with Gasteiger partial charge in [-0.15, -0.1) is 0 Å². The number of hydrogen-bond donors (Lipinski definition) is 1. The first-order chi connectivity index (χ1) is 17.7. The number of nitrogens with zero attached hydrogens (tertiary/aromatic N) is 1. The molecule has 1 heterocycles. The number of anilines is 1. The van der Waals surface area contributed by atoms with Crippen LogP contribution in [0.4, 0.5) is 19.3 Å². The zero-order valence-corrected chi connectivity index (χ0v) is 21.7. The Morgan fingerprint density at radius 1 is 1.08 bits per heavy atom. The number of rotatable bonds is 8. The lowest BCUT2D eigenvalue weighted by Crippen LogP contribution is -2.36. The van der Waals surface area contributed by atoms with E-state index in [1.807, 2.05) is 0 Å². The molecule has 0 unspecified atom stereocenters. The molecule has 7 nitrogen and oxygen atoms in total. The van der Waals surface area contributed by atoms with Crippen molar-refractivity contribution in [2.45, 2.75) is 6.61 Å². The third-order valence-electron chi connectivity index (χ3n) is 5.13. The first-order valence-corrected chi connectivity index (χ1v) is 12.4. The Morgan fingerprint density at radius 3 is 2.54 bits per heavy atom. The summed E-state index contributed by atoms with van der Waals surface area (Å²) in [5, 5.41) is 1.86. The van der Waals surface area contributed by atoms with Gasteiger partial charge in [-0.2, -0.15) is 0 Å². The van der Waals surface area contributed by atoms with Gasteiger partial charge in [-0.1, -0.05) is 18.2 Å². The molecule has 1 aliphatic heterocycles. The fourth-order valence-corrected chi connectivity index (χ4v) is 4.81. The summed E-state index contributed by atoms with van der Waals surface area (Å²) in [6, 6.07) is 14.5. The summed E-state index contributed by atoms with van der Waals surface area (Å²) in [5.74, 6) is -1.36. The molecule has 11 heteroatoms. The van der Waals surface area contributed by atoms with Crippen molar-refractivity contribution in [1.82, 2.24) is 4.90 Å². The fourth-order valence-electron chi connectivity index (χ4n) is 3.40. The fraction of sp³-hybridized carbons (Fsp3) is 0.115. The highest BCUT2D eigenvalue weighted by Gasteiger charge is 2.36.